The third-order valence-electron chi connectivity index (χ3n) is 4.70. The Hall–Kier alpha value is -2.07. The first-order valence-electron chi connectivity index (χ1n) is 7.96. The van der Waals surface area contributed by atoms with Crippen molar-refractivity contribution < 1.29 is 13.9 Å². The summed E-state index contributed by atoms with van der Waals surface area (Å²) in [5.41, 5.74) is 0.873. The number of hydrogen-bond acceptors (Lipinski definition) is 2. The van der Waals surface area contributed by atoms with Gasteiger partial charge in [-0.05, 0) is 48.7 Å². The van der Waals surface area contributed by atoms with E-state index in [1.807, 2.05) is 0 Å². The minimum absolute atomic E-state index is 0.0761. The standard InChI is InChI=1S/C19H19ClFNO2/c1-24-17-9-8-15(12-16(17)20)22-18(23)19(10-2-3-11-19)13-4-6-14(21)7-5-13/h4-9,12H,2-3,10-11H2,1H3,(H,22,23). The summed E-state index contributed by atoms with van der Waals surface area (Å²) in [5, 5.41) is 3.40. The van der Waals surface area contributed by atoms with Gasteiger partial charge in [0.15, 0.2) is 0 Å². The van der Waals surface area contributed by atoms with Crippen molar-refractivity contribution in [1.82, 2.24) is 0 Å². The number of anilines is 1. The maximum atomic E-state index is 13.2. The average Bonchev–Trinajstić information content (AvgIpc) is 3.07. The lowest BCUT2D eigenvalue weighted by molar-refractivity contribution is -0.121. The summed E-state index contributed by atoms with van der Waals surface area (Å²) in [5.74, 6) is 0.186. The lowest BCUT2D eigenvalue weighted by Crippen LogP contribution is -2.38. The highest BCUT2D eigenvalue weighted by Crippen LogP contribution is 2.42. The number of benzene rings is 2. The summed E-state index contributed by atoms with van der Waals surface area (Å²) in [6.07, 6.45) is 3.48. The Kier molecular flexibility index (Phi) is 4.76. The van der Waals surface area contributed by atoms with E-state index in [0.717, 1.165) is 31.2 Å². The van der Waals surface area contributed by atoms with Crippen molar-refractivity contribution in [3.8, 4) is 5.75 Å². The molecule has 1 N–H and O–H groups in total. The molecule has 3 rings (SSSR count). The van der Waals surface area contributed by atoms with Crippen molar-refractivity contribution in [3.05, 3.63) is 58.9 Å². The molecule has 24 heavy (non-hydrogen) atoms. The van der Waals surface area contributed by atoms with Crippen LogP contribution in [0.15, 0.2) is 42.5 Å². The molecule has 1 saturated carbocycles. The highest BCUT2D eigenvalue weighted by atomic mass is 35.5. The van der Waals surface area contributed by atoms with Crippen LogP contribution in [0.3, 0.4) is 0 Å². The van der Waals surface area contributed by atoms with Crippen molar-refractivity contribution in [1.29, 1.82) is 0 Å². The van der Waals surface area contributed by atoms with Crippen LogP contribution >= 0.6 is 11.6 Å². The highest BCUT2D eigenvalue weighted by Gasteiger charge is 2.42. The molecule has 1 amide bonds. The second kappa shape index (κ2) is 6.81. The van der Waals surface area contributed by atoms with Crippen LogP contribution in [0.5, 0.6) is 5.75 Å². The van der Waals surface area contributed by atoms with Crippen LogP contribution in [-0.4, -0.2) is 13.0 Å². The van der Waals surface area contributed by atoms with Gasteiger partial charge in [0.1, 0.15) is 11.6 Å². The molecule has 3 nitrogen and oxygen atoms in total. The molecule has 5 heteroatoms. The topological polar surface area (TPSA) is 38.3 Å². The second-order valence-electron chi connectivity index (χ2n) is 6.10. The van der Waals surface area contributed by atoms with E-state index < -0.39 is 5.41 Å². The summed E-state index contributed by atoms with van der Waals surface area (Å²) in [4.78, 5) is 13.0. The van der Waals surface area contributed by atoms with Gasteiger partial charge < -0.3 is 10.1 Å². The third kappa shape index (κ3) is 3.11. The van der Waals surface area contributed by atoms with Crippen LogP contribution < -0.4 is 10.1 Å². The fourth-order valence-electron chi connectivity index (χ4n) is 3.39. The van der Waals surface area contributed by atoms with E-state index in [9.17, 15) is 9.18 Å². The Morgan fingerprint density at radius 1 is 1.17 bits per heavy atom. The molecule has 0 atom stereocenters. The Bertz CT molecular complexity index is 740. The molecule has 1 aliphatic rings. The number of carbonyl (C=O) groups is 1. The minimum atomic E-state index is -0.611. The Morgan fingerprint density at radius 3 is 2.42 bits per heavy atom. The highest BCUT2D eigenvalue weighted by molar-refractivity contribution is 6.32. The average molecular weight is 348 g/mol. The van der Waals surface area contributed by atoms with Gasteiger partial charge in [0.05, 0.1) is 17.5 Å². The summed E-state index contributed by atoms with van der Waals surface area (Å²) in [6.45, 7) is 0. The molecular formula is C19H19ClFNO2. The molecule has 2 aromatic rings. The van der Waals surface area contributed by atoms with E-state index >= 15 is 0 Å². The molecule has 2 aromatic carbocycles. The predicted octanol–water partition coefficient (Wildman–Crippen LogP) is 4.94. The Morgan fingerprint density at radius 2 is 1.83 bits per heavy atom. The Balaban J connectivity index is 1.88. The van der Waals surface area contributed by atoms with E-state index in [-0.39, 0.29) is 11.7 Å². The van der Waals surface area contributed by atoms with Crippen LogP contribution in [-0.2, 0) is 10.2 Å². The molecule has 0 spiro atoms. The first-order chi connectivity index (χ1) is 11.5. The molecule has 0 radical (unpaired) electrons. The largest absolute Gasteiger partial charge is 0.495 e. The molecular weight excluding hydrogens is 329 g/mol. The number of halogens is 2. The van der Waals surface area contributed by atoms with Crippen LogP contribution in [0, 0.1) is 5.82 Å². The monoisotopic (exact) mass is 347 g/mol. The van der Waals surface area contributed by atoms with Crippen molar-refractivity contribution in [2.45, 2.75) is 31.1 Å². The molecule has 1 fully saturated rings. The predicted molar refractivity (Wildman–Crippen MR) is 93.2 cm³/mol. The molecule has 1 aliphatic carbocycles. The van der Waals surface area contributed by atoms with Crippen LogP contribution in [0.1, 0.15) is 31.2 Å². The van der Waals surface area contributed by atoms with Crippen LogP contribution in [0.4, 0.5) is 10.1 Å². The lowest BCUT2D eigenvalue weighted by atomic mass is 9.78. The van der Waals surface area contributed by atoms with E-state index in [2.05, 4.69) is 5.32 Å². The summed E-state index contributed by atoms with van der Waals surface area (Å²) < 4.78 is 18.4. The van der Waals surface area contributed by atoms with Crippen molar-refractivity contribution in [2.75, 3.05) is 12.4 Å². The number of nitrogens with one attached hydrogen (secondary N) is 1. The van der Waals surface area contributed by atoms with E-state index in [0.29, 0.717) is 16.5 Å². The van der Waals surface area contributed by atoms with Gasteiger partial charge in [-0.2, -0.15) is 0 Å². The number of amides is 1. The molecule has 0 saturated heterocycles. The zero-order valence-corrected chi connectivity index (χ0v) is 14.2. The zero-order chi connectivity index (χ0) is 17.2. The maximum Gasteiger partial charge on any atom is 0.235 e. The van der Waals surface area contributed by atoms with E-state index in [1.165, 1.54) is 12.1 Å². The van der Waals surface area contributed by atoms with Gasteiger partial charge in [-0.15, -0.1) is 0 Å². The number of methoxy groups -OCH3 is 1. The molecule has 0 aliphatic heterocycles. The fourth-order valence-corrected chi connectivity index (χ4v) is 3.65. The molecule has 126 valence electrons. The maximum absolute atomic E-state index is 13.2. The van der Waals surface area contributed by atoms with Gasteiger partial charge in [0, 0.05) is 5.69 Å². The smallest absolute Gasteiger partial charge is 0.235 e. The molecule has 0 heterocycles. The molecule has 0 aromatic heterocycles. The van der Waals surface area contributed by atoms with Gasteiger partial charge in [0.2, 0.25) is 5.91 Å². The SMILES string of the molecule is COc1ccc(NC(=O)C2(c3ccc(F)cc3)CCCC2)cc1Cl. The van der Waals surface area contributed by atoms with Crippen molar-refractivity contribution in [2.24, 2.45) is 0 Å². The Labute approximate surface area is 145 Å². The van der Waals surface area contributed by atoms with Crippen molar-refractivity contribution in [3.63, 3.8) is 0 Å². The van der Waals surface area contributed by atoms with Crippen molar-refractivity contribution >= 4 is 23.2 Å². The van der Waals surface area contributed by atoms with Crippen LogP contribution in [0.25, 0.3) is 0 Å². The minimum Gasteiger partial charge on any atom is -0.495 e. The first-order valence-corrected chi connectivity index (χ1v) is 8.34. The fraction of sp³-hybridized carbons (Fsp3) is 0.316. The van der Waals surface area contributed by atoms with Gasteiger partial charge in [-0.1, -0.05) is 36.6 Å². The lowest BCUT2D eigenvalue weighted by Gasteiger charge is -2.28. The zero-order valence-electron chi connectivity index (χ0n) is 13.4. The number of hydrogen-bond donors (Lipinski definition) is 1. The summed E-state index contributed by atoms with van der Waals surface area (Å²) in [7, 11) is 1.54. The molecule has 0 bridgehead atoms. The van der Waals surface area contributed by atoms with Gasteiger partial charge >= 0.3 is 0 Å². The number of ether oxygens (including phenoxy) is 1. The number of rotatable bonds is 4. The molecule has 0 unspecified atom stereocenters. The summed E-state index contributed by atoms with van der Waals surface area (Å²) >= 11 is 6.12. The quantitative estimate of drug-likeness (QED) is 0.850. The second-order valence-corrected chi connectivity index (χ2v) is 6.51. The van der Waals surface area contributed by atoms with Gasteiger partial charge in [-0.3, -0.25) is 4.79 Å². The summed E-state index contributed by atoms with van der Waals surface area (Å²) in [6, 6.07) is 11.4. The first kappa shape index (κ1) is 16.8. The van der Waals surface area contributed by atoms with Crippen LogP contribution in [0.2, 0.25) is 5.02 Å². The number of carbonyl (C=O) groups excluding carboxylic acids is 1. The van der Waals surface area contributed by atoms with E-state index in [4.69, 9.17) is 16.3 Å². The van der Waals surface area contributed by atoms with Gasteiger partial charge in [-0.25, -0.2) is 4.39 Å². The van der Waals surface area contributed by atoms with E-state index in [1.54, 1.807) is 37.4 Å². The third-order valence-corrected chi connectivity index (χ3v) is 4.99. The van der Waals surface area contributed by atoms with Gasteiger partial charge in [0.25, 0.3) is 0 Å². The normalized spacial score (nSPS) is 16.0.